The van der Waals surface area contributed by atoms with Crippen molar-refractivity contribution in [2.45, 2.75) is 25.7 Å². The highest BCUT2D eigenvalue weighted by molar-refractivity contribution is 5.34. The third-order valence-corrected chi connectivity index (χ3v) is 3.03. The summed E-state index contributed by atoms with van der Waals surface area (Å²) >= 11 is 0. The Kier molecular flexibility index (Phi) is 3.21. The zero-order valence-electron chi connectivity index (χ0n) is 10.5. The van der Waals surface area contributed by atoms with Gasteiger partial charge in [-0.05, 0) is 18.8 Å². The molecule has 0 aliphatic heterocycles. The minimum atomic E-state index is 0.171. The van der Waals surface area contributed by atoms with Crippen molar-refractivity contribution in [1.82, 2.24) is 29.7 Å². The van der Waals surface area contributed by atoms with Gasteiger partial charge in [-0.15, -0.1) is 0 Å². The average Bonchev–Trinajstić information content (AvgIpc) is 3.05. The third-order valence-electron chi connectivity index (χ3n) is 3.03. The zero-order chi connectivity index (χ0) is 13.1. The van der Waals surface area contributed by atoms with Crippen molar-refractivity contribution >= 4 is 11.9 Å². The molecule has 1 fully saturated rings. The first-order valence-electron chi connectivity index (χ1n) is 6.42. The van der Waals surface area contributed by atoms with Crippen LogP contribution in [0.1, 0.15) is 25.7 Å². The van der Waals surface area contributed by atoms with E-state index in [1.54, 1.807) is 0 Å². The number of aromatic nitrogens is 6. The molecule has 100 valence electrons. The molecule has 0 bridgehead atoms. The van der Waals surface area contributed by atoms with Crippen molar-refractivity contribution in [2.24, 2.45) is 5.92 Å². The van der Waals surface area contributed by atoms with Gasteiger partial charge in [-0.3, -0.25) is 0 Å². The van der Waals surface area contributed by atoms with Crippen molar-refractivity contribution in [3.8, 4) is 5.95 Å². The van der Waals surface area contributed by atoms with E-state index in [1.165, 1.54) is 36.6 Å². The van der Waals surface area contributed by atoms with Gasteiger partial charge in [0, 0.05) is 6.54 Å². The highest BCUT2D eigenvalue weighted by Crippen LogP contribution is 2.33. The van der Waals surface area contributed by atoms with Gasteiger partial charge in [0.25, 0.3) is 5.95 Å². The van der Waals surface area contributed by atoms with Crippen molar-refractivity contribution in [3.05, 3.63) is 12.7 Å². The molecule has 8 heteroatoms. The second-order valence-corrected chi connectivity index (χ2v) is 4.67. The summed E-state index contributed by atoms with van der Waals surface area (Å²) in [6, 6.07) is 0. The first-order valence-corrected chi connectivity index (χ1v) is 6.42. The molecule has 0 atom stereocenters. The molecule has 2 aromatic heterocycles. The van der Waals surface area contributed by atoms with Crippen molar-refractivity contribution in [1.29, 1.82) is 0 Å². The maximum atomic E-state index is 5.66. The largest absolute Gasteiger partial charge is 0.368 e. The monoisotopic (exact) mass is 260 g/mol. The van der Waals surface area contributed by atoms with Gasteiger partial charge < -0.3 is 11.1 Å². The predicted molar refractivity (Wildman–Crippen MR) is 69.6 cm³/mol. The third kappa shape index (κ3) is 3.15. The van der Waals surface area contributed by atoms with Gasteiger partial charge in [-0.2, -0.15) is 24.7 Å². The molecule has 0 aromatic carbocycles. The van der Waals surface area contributed by atoms with Gasteiger partial charge in [-0.1, -0.05) is 12.8 Å². The standard InChI is InChI=1S/C11H16N8/c12-9-16-10(14-5-1-2-8-3-4-8)18-11(17-9)19-7-13-6-15-19/h6-8H,1-5H2,(H3,12,14,16,17,18). The molecule has 1 saturated carbocycles. The molecule has 2 heterocycles. The van der Waals surface area contributed by atoms with E-state index in [0.29, 0.717) is 11.9 Å². The van der Waals surface area contributed by atoms with Crippen LogP contribution in [0.5, 0.6) is 0 Å². The molecule has 0 saturated heterocycles. The van der Waals surface area contributed by atoms with Crippen molar-refractivity contribution < 1.29 is 0 Å². The summed E-state index contributed by atoms with van der Waals surface area (Å²) in [5, 5.41) is 7.13. The lowest BCUT2D eigenvalue weighted by Gasteiger charge is -2.06. The maximum absolute atomic E-state index is 5.66. The molecule has 0 amide bonds. The maximum Gasteiger partial charge on any atom is 0.258 e. The smallest absolute Gasteiger partial charge is 0.258 e. The van der Waals surface area contributed by atoms with Crippen LogP contribution >= 0.6 is 0 Å². The van der Waals surface area contributed by atoms with Crippen LogP contribution in [-0.4, -0.2) is 36.3 Å². The Labute approximate surface area is 110 Å². The number of anilines is 2. The number of nitrogens with zero attached hydrogens (tertiary/aromatic N) is 6. The van der Waals surface area contributed by atoms with E-state index in [-0.39, 0.29) is 5.95 Å². The van der Waals surface area contributed by atoms with E-state index >= 15 is 0 Å². The van der Waals surface area contributed by atoms with Crippen LogP contribution in [0, 0.1) is 5.92 Å². The van der Waals surface area contributed by atoms with Crippen LogP contribution in [0.2, 0.25) is 0 Å². The van der Waals surface area contributed by atoms with E-state index in [2.05, 4.69) is 30.4 Å². The highest BCUT2D eigenvalue weighted by atomic mass is 15.4. The highest BCUT2D eigenvalue weighted by Gasteiger charge is 2.20. The number of nitrogen functional groups attached to an aromatic ring is 1. The molecule has 1 aliphatic rings. The zero-order valence-corrected chi connectivity index (χ0v) is 10.5. The fourth-order valence-electron chi connectivity index (χ4n) is 1.87. The summed E-state index contributed by atoms with van der Waals surface area (Å²) in [5.41, 5.74) is 5.66. The fraction of sp³-hybridized carbons (Fsp3) is 0.545. The molecule has 3 N–H and O–H groups in total. The summed E-state index contributed by atoms with van der Waals surface area (Å²) in [6.45, 7) is 0.844. The number of nitrogens with one attached hydrogen (secondary N) is 1. The molecule has 1 aliphatic carbocycles. The van der Waals surface area contributed by atoms with E-state index < -0.39 is 0 Å². The Morgan fingerprint density at radius 2 is 2.21 bits per heavy atom. The Bertz CT molecular complexity index is 534. The number of hydrogen-bond acceptors (Lipinski definition) is 7. The van der Waals surface area contributed by atoms with E-state index in [4.69, 9.17) is 5.73 Å². The molecule has 0 unspecified atom stereocenters. The van der Waals surface area contributed by atoms with Crippen LogP contribution in [-0.2, 0) is 0 Å². The van der Waals surface area contributed by atoms with Crippen molar-refractivity contribution in [3.63, 3.8) is 0 Å². The molecular weight excluding hydrogens is 244 g/mol. The summed E-state index contributed by atoms with van der Waals surface area (Å²) in [6.07, 6.45) is 8.09. The predicted octanol–water partition coefficient (Wildman–Crippen LogP) is 0.637. The number of hydrogen-bond donors (Lipinski definition) is 2. The Morgan fingerprint density at radius 3 is 2.95 bits per heavy atom. The van der Waals surface area contributed by atoms with Crippen LogP contribution in [0.3, 0.4) is 0 Å². The van der Waals surface area contributed by atoms with Crippen LogP contribution < -0.4 is 11.1 Å². The summed E-state index contributed by atoms with van der Waals surface area (Å²) in [5.74, 6) is 1.96. The van der Waals surface area contributed by atoms with Crippen molar-refractivity contribution in [2.75, 3.05) is 17.6 Å². The Balaban J connectivity index is 1.63. The lowest BCUT2D eigenvalue weighted by atomic mass is 10.2. The minimum Gasteiger partial charge on any atom is -0.368 e. The topological polar surface area (TPSA) is 107 Å². The average molecular weight is 260 g/mol. The van der Waals surface area contributed by atoms with Crippen LogP contribution in [0.4, 0.5) is 11.9 Å². The van der Waals surface area contributed by atoms with Crippen LogP contribution in [0.25, 0.3) is 5.95 Å². The van der Waals surface area contributed by atoms with Gasteiger partial charge in [0.05, 0.1) is 0 Å². The second-order valence-electron chi connectivity index (χ2n) is 4.67. The molecule has 0 spiro atoms. The first kappa shape index (κ1) is 11.8. The number of rotatable bonds is 6. The normalized spacial score (nSPS) is 14.5. The summed E-state index contributed by atoms with van der Waals surface area (Å²) in [7, 11) is 0. The minimum absolute atomic E-state index is 0.171. The van der Waals surface area contributed by atoms with Crippen LogP contribution in [0.15, 0.2) is 12.7 Å². The van der Waals surface area contributed by atoms with Gasteiger partial charge >= 0.3 is 0 Å². The lowest BCUT2D eigenvalue weighted by Crippen LogP contribution is -2.12. The van der Waals surface area contributed by atoms with Gasteiger partial charge in [0.15, 0.2) is 0 Å². The SMILES string of the molecule is Nc1nc(NCCCC2CC2)nc(-n2cncn2)n1. The lowest BCUT2D eigenvalue weighted by molar-refractivity contribution is 0.684. The molecular formula is C11H16N8. The molecule has 3 rings (SSSR count). The Morgan fingerprint density at radius 1 is 1.32 bits per heavy atom. The molecule has 8 nitrogen and oxygen atoms in total. The van der Waals surface area contributed by atoms with Gasteiger partial charge in [0.1, 0.15) is 12.7 Å². The first-order chi connectivity index (χ1) is 9.31. The second kappa shape index (κ2) is 5.17. The van der Waals surface area contributed by atoms with E-state index in [9.17, 15) is 0 Å². The number of nitrogens with two attached hydrogens (primary N) is 1. The van der Waals surface area contributed by atoms with Gasteiger partial charge in [0.2, 0.25) is 11.9 Å². The molecule has 0 radical (unpaired) electrons. The van der Waals surface area contributed by atoms with E-state index in [1.807, 2.05) is 0 Å². The van der Waals surface area contributed by atoms with Gasteiger partial charge in [-0.25, -0.2) is 4.98 Å². The Hall–Kier alpha value is -2.25. The fourth-order valence-corrected chi connectivity index (χ4v) is 1.87. The molecule has 2 aromatic rings. The van der Waals surface area contributed by atoms with E-state index in [0.717, 1.165) is 18.9 Å². The molecule has 19 heavy (non-hydrogen) atoms. The summed E-state index contributed by atoms with van der Waals surface area (Å²) in [4.78, 5) is 16.2. The quantitative estimate of drug-likeness (QED) is 0.733. The summed E-state index contributed by atoms with van der Waals surface area (Å²) < 4.78 is 1.45.